The second-order valence-corrected chi connectivity index (χ2v) is 4.17. The quantitative estimate of drug-likeness (QED) is 0.613. The second kappa shape index (κ2) is 5.37. The monoisotopic (exact) mass is 264 g/mol. The Kier molecular flexibility index (Phi) is 4.32. The maximum atomic E-state index is 13.0. The minimum atomic E-state index is -5.01. The van der Waals surface area contributed by atoms with Gasteiger partial charge in [0.15, 0.2) is 0 Å². The Balaban J connectivity index is 3.07. The highest BCUT2D eigenvalue weighted by molar-refractivity contribution is 6.02. The van der Waals surface area contributed by atoms with Crippen LogP contribution in [0.1, 0.15) is 24.2 Å². The van der Waals surface area contributed by atoms with E-state index in [2.05, 4.69) is 0 Å². The molecule has 0 saturated carbocycles. The molecule has 100 valence electrons. The summed E-state index contributed by atoms with van der Waals surface area (Å²) in [6, 6.07) is 2.35. The highest BCUT2D eigenvalue weighted by atomic mass is 19.4. The Morgan fingerprint density at radius 3 is 2.44 bits per heavy atom. The fraction of sp³-hybridized carbons (Fsp3) is 0.417. The number of rotatable bonds is 4. The minimum absolute atomic E-state index is 0.0436. The smallest absolute Gasteiger partial charge is 0.455 e. The zero-order valence-corrected chi connectivity index (χ0v) is 9.84. The molecule has 18 heavy (non-hydrogen) atoms. The van der Waals surface area contributed by atoms with Gasteiger partial charge in [0.1, 0.15) is 11.6 Å². The van der Waals surface area contributed by atoms with Crippen molar-refractivity contribution in [1.82, 2.24) is 0 Å². The van der Waals surface area contributed by atoms with Crippen LogP contribution in [-0.4, -0.2) is 18.6 Å². The Morgan fingerprint density at radius 1 is 1.33 bits per heavy atom. The summed E-state index contributed by atoms with van der Waals surface area (Å²) in [7, 11) is 0. The molecule has 0 unspecified atom stereocenters. The van der Waals surface area contributed by atoms with Gasteiger partial charge >= 0.3 is 6.18 Å². The van der Waals surface area contributed by atoms with Crippen molar-refractivity contribution >= 4 is 5.78 Å². The van der Waals surface area contributed by atoms with E-state index >= 15 is 0 Å². The van der Waals surface area contributed by atoms with Gasteiger partial charge in [-0.15, -0.1) is 0 Å². The number of alkyl halides is 3. The van der Waals surface area contributed by atoms with Crippen molar-refractivity contribution in [2.24, 2.45) is 5.92 Å². The molecule has 0 fully saturated rings. The molecule has 0 spiro atoms. The van der Waals surface area contributed by atoms with E-state index in [0.29, 0.717) is 0 Å². The van der Waals surface area contributed by atoms with Crippen molar-refractivity contribution in [2.75, 3.05) is 6.61 Å². The molecule has 0 radical (unpaired) electrons. The second-order valence-electron chi connectivity index (χ2n) is 4.17. The lowest BCUT2D eigenvalue weighted by Gasteiger charge is -2.13. The number of Topliss-reactive ketones (excluding diaryl/α,β-unsaturated/α-hetero) is 1. The Bertz CT molecular complexity index is 438. The van der Waals surface area contributed by atoms with Crippen LogP contribution in [0, 0.1) is 11.7 Å². The molecule has 0 aliphatic carbocycles. The summed E-state index contributed by atoms with van der Waals surface area (Å²) in [4.78, 5) is 11.1. The van der Waals surface area contributed by atoms with E-state index < -0.39 is 23.3 Å². The van der Waals surface area contributed by atoms with Gasteiger partial charge in [-0.2, -0.15) is 13.2 Å². The summed E-state index contributed by atoms with van der Waals surface area (Å²) < 4.78 is 54.9. The lowest BCUT2D eigenvalue weighted by Crippen LogP contribution is -2.23. The van der Waals surface area contributed by atoms with E-state index in [9.17, 15) is 22.4 Å². The summed E-state index contributed by atoms with van der Waals surface area (Å²) in [5.74, 6) is -3.14. The number of ketones is 1. The van der Waals surface area contributed by atoms with Gasteiger partial charge in [0.2, 0.25) is 0 Å². The topological polar surface area (TPSA) is 26.3 Å². The maximum absolute atomic E-state index is 13.0. The fourth-order valence-corrected chi connectivity index (χ4v) is 1.21. The average molecular weight is 264 g/mol. The van der Waals surface area contributed by atoms with E-state index in [1.807, 2.05) is 0 Å². The normalized spacial score (nSPS) is 11.7. The first kappa shape index (κ1) is 14.5. The van der Waals surface area contributed by atoms with Gasteiger partial charge < -0.3 is 4.74 Å². The summed E-state index contributed by atoms with van der Waals surface area (Å²) in [6.45, 7) is 3.66. The van der Waals surface area contributed by atoms with Crippen LogP contribution in [-0.2, 0) is 0 Å². The van der Waals surface area contributed by atoms with Crippen molar-refractivity contribution in [1.29, 1.82) is 0 Å². The maximum Gasteiger partial charge on any atom is 0.455 e. The Morgan fingerprint density at radius 2 is 1.94 bits per heavy atom. The molecule has 6 heteroatoms. The van der Waals surface area contributed by atoms with Crippen molar-refractivity contribution in [3.05, 3.63) is 29.6 Å². The summed E-state index contributed by atoms with van der Waals surface area (Å²) in [5.41, 5.74) is -0.676. The van der Waals surface area contributed by atoms with E-state index in [1.54, 1.807) is 13.8 Å². The number of carbonyl (C=O) groups is 1. The molecule has 0 heterocycles. The molecule has 0 aliphatic heterocycles. The fourth-order valence-electron chi connectivity index (χ4n) is 1.21. The van der Waals surface area contributed by atoms with Crippen molar-refractivity contribution in [3.63, 3.8) is 0 Å². The van der Waals surface area contributed by atoms with Gasteiger partial charge in [0.05, 0.1) is 12.2 Å². The first-order chi connectivity index (χ1) is 8.21. The minimum Gasteiger partial charge on any atom is -0.492 e. The number of halogens is 4. The van der Waals surface area contributed by atoms with E-state index in [4.69, 9.17) is 4.74 Å². The molecule has 0 saturated heterocycles. The summed E-state index contributed by atoms with van der Waals surface area (Å²) >= 11 is 0. The molecule has 1 rings (SSSR count). The SMILES string of the molecule is CC(C)COc1cc(F)ccc1C(=O)C(F)(F)F. The molecule has 1 aromatic carbocycles. The van der Waals surface area contributed by atoms with Crippen LogP contribution in [0.5, 0.6) is 5.75 Å². The van der Waals surface area contributed by atoms with Crippen LogP contribution in [0.3, 0.4) is 0 Å². The largest absolute Gasteiger partial charge is 0.492 e. The van der Waals surface area contributed by atoms with Crippen LogP contribution < -0.4 is 4.74 Å². The molecule has 1 aromatic rings. The molecule has 2 nitrogen and oxygen atoms in total. The molecule has 0 amide bonds. The lowest BCUT2D eigenvalue weighted by molar-refractivity contribution is -0.0886. The van der Waals surface area contributed by atoms with Gasteiger partial charge in [0.25, 0.3) is 5.78 Å². The number of ether oxygens (including phenoxy) is 1. The van der Waals surface area contributed by atoms with Gasteiger partial charge in [-0.1, -0.05) is 13.8 Å². The van der Waals surface area contributed by atoms with E-state index in [0.717, 1.165) is 18.2 Å². The molecular formula is C12H12F4O2. The zero-order valence-electron chi connectivity index (χ0n) is 9.84. The van der Waals surface area contributed by atoms with Crippen molar-refractivity contribution in [2.45, 2.75) is 20.0 Å². The third kappa shape index (κ3) is 3.72. The molecular weight excluding hydrogens is 252 g/mol. The molecule has 0 aliphatic rings. The third-order valence-corrected chi connectivity index (χ3v) is 2.02. The number of benzene rings is 1. The van der Waals surface area contributed by atoms with Crippen LogP contribution in [0.25, 0.3) is 0 Å². The van der Waals surface area contributed by atoms with Gasteiger partial charge in [0, 0.05) is 6.07 Å². The van der Waals surface area contributed by atoms with E-state index in [1.165, 1.54) is 0 Å². The van der Waals surface area contributed by atoms with Crippen LogP contribution >= 0.6 is 0 Å². The lowest BCUT2D eigenvalue weighted by atomic mass is 10.1. The van der Waals surface area contributed by atoms with Crippen LogP contribution in [0.2, 0.25) is 0 Å². The van der Waals surface area contributed by atoms with Gasteiger partial charge in [-0.05, 0) is 18.1 Å². The van der Waals surface area contributed by atoms with Crippen molar-refractivity contribution in [3.8, 4) is 5.75 Å². The number of hydrogen-bond acceptors (Lipinski definition) is 2. The number of carbonyl (C=O) groups excluding carboxylic acids is 1. The summed E-state index contributed by atoms with van der Waals surface area (Å²) in [5, 5.41) is 0. The number of hydrogen-bond donors (Lipinski definition) is 0. The molecule has 0 atom stereocenters. The van der Waals surface area contributed by atoms with Crippen LogP contribution in [0.4, 0.5) is 17.6 Å². The standard InChI is InChI=1S/C12H12F4O2/c1-7(2)6-18-10-5-8(13)3-4-9(10)11(17)12(14,15)16/h3-5,7H,6H2,1-2H3. The van der Waals surface area contributed by atoms with E-state index in [-0.39, 0.29) is 18.3 Å². The van der Waals surface area contributed by atoms with Crippen LogP contribution in [0.15, 0.2) is 18.2 Å². The molecule has 0 N–H and O–H groups in total. The highest BCUT2D eigenvalue weighted by Gasteiger charge is 2.40. The highest BCUT2D eigenvalue weighted by Crippen LogP contribution is 2.28. The predicted molar refractivity (Wildman–Crippen MR) is 57.1 cm³/mol. The Hall–Kier alpha value is -1.59. The predicted octanol–water partition coefficient (Wildman–Crippen LogP) is 3.61. The molecule has 0 aromatic heterocycles. The summed E-state index contributed by atoms with van der Waals surface area (Å²) in [6.07, 6.45) is -5.01. The first-order valence-corrected chi connectivity index (χ1v) is 5.25. The zero-order chi connectivity index (χ0) is 13.9. The Labute approximate surface area is 102 Å². The average Bonchev–Trinajstić information content (AvgIpc) is 2.24. The van der Waals surface area contributed by atoms with Gasteiger partial charge in [-0.25, -0.2) is 4.39 Å². The first-order valence-electron chi connectivity index (χ1n) is 5.25. The third-order valence-electron chi connectivity index (χ3n) is 2.02. The van der Waals surface area contributed by atoms with Crippen molar-refractivity contribution < 1.29 is 27.1 Å². The molecule has 0 bridgehead atoms. The van der Waals surface area contributed by atoms with Gasteiger partial charge in [-0.3, -0.25) is 4.79 Å².